The van der Waals surface area contributed by atoms with Gasteiger partial charge in [-0.3, -0.25) is 9.59 Å². The van der Waals surface area contributed by atoms with E-state index >= 15 is 0 Å². The maximum Gasteiger partial charge on any atom is 0.303 e. The fourth-order valence-corrected chi connectivity index (χ4v) is 2.58. The summed E-state index contributed by atoms with van der Waals surface area (Å²) in [6, 6.07) is 5.41. The van der Waals surface area contributed by atoms with E-state index in [0.717, 1.165) is 8.95 Å². The highest BCUT2D eigenvalue weighted by Crippen LogP contribution is 2.27. The number of carboxylic acid groups (broad SMARTS) is 1. The molecule has 0 aliphatic rings. The Morgan fingerprint density at radius 3 is 2.65 bits per heavy atom. The second-order valence-electron chi connectivity index (χ2n) is 4.06. The summed E-state index contributed by atoms with van der Waals surface area (Å²) in [5.74, 6) is -0.455. The minimum atomic E-state index is -0.820. The van der Waals surface area contributed by atoms with Crippen LogP contribution < -0.4 is 10.1 Å². The van der Waals surface area contributed by atoms with Crippen LogP contribution in [0.4, 0.5) is 0 Å². The Morgan fingerprint density at radius 2 is 2.00 bits per heavy atom. The van der Waals surface area contributed by atoms with Crippen LogP contribution in [0.3, 0.4) is 0 Å². The molecule has 0 fully saturated rings. The molecule has 20 heavy (non-hydrogen) atoms. The molecule has 1 aromatic rings. The van der Waals surface area contributed by atoms with Gasteiger partial charge >= 0.3 is 5.97 Å². The van der Waals surface area contributed by atoms with E-state index in [0.29, 0.717) is 25.1 Å². The van der Waals surface area contributed by atoms with Crippen molar-refractivity contribution in [3.63, 3.8) is 0 Å². The zero-order valence-corrected chi connectivity index (χ0v) is 13.9. The van der Waals surface area contributed by atoms with Gasteiger partial charge in [-0.05, 0) is 47.0 Å². The van der Waals surface area contributed by atoms with Gasteiger partial charge in [0.1, 0.15) is 5.75 Å². The van der Waals surface area contributed by atoms with Crippen LogP contribution in [-0.4, -0.2) is 30.1 Å². The molecule has 1 aromatic carbocycles. The van der Waals surface area contributed by atoms with E-state index in [-0.39, 0.29) is 18.9 Å². The van der Waals surface area contributed by atoms with Crippen molar-refractivity contribution < 1.29 is 19.4 Å². The monoisotopic (exact) mass is 407 g/mol. The van der Waals surface area contributed by atoms with Gasteiger partial charge in [0.05, 0.1) is 4.47 Å². The fourth-order valence-electron chi connectivity index (χ4n) is 1.42. The first-order valence-electron chi connectivity index (χ1n) is 6.05. The second kappa shape index (κ2) is 8.97. The van der Waals surface area contributed by atoms with Gasteiger partial charge in [-0.15, -0.1) is 0 Å². The van der Waals surface area contributed by atoms with E-state index in [4.69, 9.17) is 9.84 Å². The van der Waals surface area contributed by atoms with Gasteiger partial charge < -0.3 is 15.2 Å². The first-order chi connectivity index (χ1) is 9.49. The SMILES string of the molecule is O=C(O)CCCCNC(=O)COc1ccc(Br)cc1Br. The molecule has 7 heteroatoms. The largest absolute Gasteiger partial charge is 0.483 e. The Hall–Kier alpha value is -1.08. The summed E-state index contributed by atoms with van der Waals surface area (Å²) in [6.07, 6.45) is 1.31. The summed E-state index contributed by atoms with van der Waals surface area (Å²) in [4.78, 5) is 21.8. The third-order valence-electron chi connectivity index (χ3n) is 2.39. The number of hydrogen-bond acceptors (Lipinski definition) is 3. The first kappa shape index (κ1) is 17.0. The molecule has 1 amide bonds. The van der Waals surface area contributed by atoms with Crippen molar-refractivity contribution in [3.8, 4) is 5.75 Å². The molecular formula is C13H15Br2NO4. The van der Waals surface area contributed by atoms with Gasteiger partial charge in [0, 0.05) is 17.4 Å². The highest BCUT2D eigenvalue weighted by Gasteiger charge is 2.06. The molecular weight excluding hydrogens is 394 g/mol. The molecule has 0 aromatic heterocycles. The maximum atomic E-state index is 11.5. The number of carbonyl (C=O) groups is 2. The Morgan fingerprint density at radius 1 is 1.25 bits per heavy atom. The number of carboxylic acids is 1. The van der Waals surface area contributed by atoms with Crippen LogP contribution in [0, 0.1) is 0 Å². The molecule has 0 heterocycles. The predicted molar refractivity (Wildman–Crippen MR) is 81.8 cm³/mol. The summed E-state index contributed by atoms with van der Waals surface area (Å²) >= 11 is 6.67. The van der Waals surface area contributed by atoms with Crippen molar-refractivity contribution >= 4 is 43.7 Å². The van der Waals surface area contributed by atoms with Crippen molar-refractivity contribution in [3.05, 3.63) is 27.1 Å². The average Bonchev–Trinajstić information content (AvgIpc) is 2.37. The lowest BCUT2D eigenvalue weighted by molar-refractivity contribution is -0.137. The van der Waals surface area contributed by atoms with Gasteiger partial charge in [0.25, 0.3) is 5.91 Å². The van der Waals surface area contributed by atoms with Gasteiger partial charge in [-0.1, -0.05) is 15.9 Å². The van der Waals surface area contributed by atoms with Crippen LogP contribution in [0.5, 0.6) is 5.75 Å². The molecule has 0 radical (unpaired) electrons. The quantitative estimate of drug-likeness (QED) is 0.648. The number of nitrogens with one attached hydrogen (secondary N) is 1. The molecule has 2 N–H and O–H groups in total. The Bertz CT molecular complexity index is 479. The number of aliphatic carboxylic acids is 1. The van der Waals surface area contributed by atoms with Crippen LogP contribution in [0.1, 0.15) is 19.3 Å². The van der Waals surface area contributed by atoms with Crippen molar-refractivity contribution in [1.29, 1.82) is 0 Å². The lowest BCUT2D eigenvalue weighted by Gasteiger charge is -2.09. The van der Waals surface area contributed by atoms with Gasteiger partial charge in [0.15, 0.2) is 6.61 Å². The van der Waals surface area contributed by atoms with E-state index in [2.05, 4.69) is 37.2 Å². The summed E-state index contributed by atoms with van der Waals surface area (Å²) in [5, 5.41) is 11.1. The maximum absolute atomic E-state index is 11.5. The van der Waals surface area contributed by atoms with E-state index in [1.54, 1.807) is 6.07 Å². The number of halogens is 2. The van der Waals surface area contributed by atoms with Crippen molar-refractivity contribution in [2.45, 2.75) is 19.3 Å². The lowest BCUT2D eigenvalue weighted by atomic mass is 10.2. The minimum absolute atomic E-state index is 0.0703. The minimum Gasteiger partial charge on any atom is -0.483 e. The van der Waals surface area contributed by atoms with E-state index in [9.17, 15) is 9.59 Å². The Labute approximate surface area is 134 Å². The lowest BCUT2D eigenvalue weighted by Crippen LogP contribution is -2.29. The molecule has 0 saturated heterocycles. The number of amides is 1. The molecule has 0 atom stereocenters. The topological polar surface area (TPSA) is 75.6 Å². The van der Waals surface area contributed by atoms with Crippen molar-refractivity contribution in [1.82, 2.24) is 5.32 Å². The zero-order chi connectivity index (χ0) is 15.0. The van der Waals surface area contributed by atoms with Crippen LogP contribution in [0.2, 0.25) is 0 Å². The van der Waals surface area contributed by atoms with Crippen LogP contribution in [0.15, 0.2) is 27.1 Å². The Balaban J connectivity index is 2.21. The van der Waals surface area contributed by atoms with E-state index in [1.165, 1.54) is 0 Å². The number of ether oxygens (including phenoxy) is 1. The molecule has 0 saturated carbocycles. The van der Waals surface area contributed by atoms with Gasteiger partial charge in [0.2, 0.25) is 0 Å². The van der Waals surface area contributed by atoms with Crippen LogP contribution in [0.25, 0.3) is 0 Å². The highest BCUT2D eigenvalue weighted by atomic mass is 79.9. The third-order valence-corrected chi connectivity index (χ3v) is 3.51. The summed E-state index contributed by atoms with van der Waals surface area (Å²) in [6.45, 7) is 0.385. The highest BCUT2D eigenvalue weighted by molar-refractivity contribution is 9.11. The standard InChI is InChI=1S/C13H15Br2NO4/c14-9-4-5-11(10(15)7-9)20-8-12(17)16-6-2-1-3-13(18)19/h4-5,7H,1-3,6,8H2,(H,16,17)(H,18,19). The summed E-state index contributed by atoms with van der Waals surface area (Å²) < 4.78 is 7.06. The van der Waals surface area contributed by atoms with Crippen molar-refractivity contribution in [2.24, 2.45) is 0 Å². The predicted octanol–water partition coefficient (Wildman–Crippen LogP) is 2.96. The summed E-state index contributed by atoms with van der Waals surface area (Å²) in [7, 11) is 0. The van der Waals surface area contributed by atoms with Gasteiger partial charge in [-0.2, -0.15) is 0 Å². The first-order valence-corrected chi connectivity index (χ1v) is 7.64. The zero-order valence-electron chi connectivity index (χ0n) is 10.7. The molecule has 0 spiro atoms. The Kier molecular flexibility index (Phi) is 7.61. The molecule has 0 unspecified atom stereocenters. The third kappa shape index (κ3) is 6.91. The molecule has 0 aliphatic heterocycles. The normalized spacial score (nSPS) is 10.1. The smallest absolute Gasteiger partial charge is 0.303 e. The number of hydrogen-bond donors (Lipinski definition) is 2. The fraction of sp³-hybridized carbons (Fsp3) is 0.385. The summed E-state index contributed by atoms with van der Waals surface area (Å²) in [5.41, 5.74) is 0. The van der Waals surface area contributed by atoms with Crippen LogP contribution >= 0.6 is 31.9 Å². The number of unbranched alkanes of at least 4 members (excludes halogenated alkanes) is 1. The van der Waals surface area contributed by atoms with Gasteiger partial charge in [-0.25, -0.2) is 0 Å². The molecule has 1 rings (SSSR count). The van der Waals surface area contributed by atoms with E-state index < -0.39 is 5.97 Å². The molecule has 0 aliphatic carbocycles. The van der Waals surface area contributed by atoms with Crippen molar-refractivity contribution in [2.75, 3.05) is 13.2 Å². The molecule has 5 nitrogen and oxygen atoms in total. The second-order valence-corrected chi connectivity index (χ2v) is 5.83. The number of benzene rings is 1. The number of rotatable bonds is 8. The van der Waals surface area contributed by atoms with E-state index in [1.807, 2.05) is 12.1 Å². The molecule has 0 bridgehead atoms. The number of carbonyl (C=O) groups excluding carboxylic acids is 1. The average molecular weight is 409 g/mol. The molecule has 110 valence electrons. The van der Waals surface area contributed by atoms with Crippen LogP contribution in [-0.2, 0) is 9.59 Å².